The second-order valence-corrected chi connectivity index (χ2v) is 5.97. The molecule has 1 aliphatic rings. The molecule has 0 spiro atoms. The molecule has 1 heterocycles. The SMILES string of the molecule is COc1cccc([C@@H]2CC(c3cc(OC)ccc3OC)=NN2C(C)=O)c1. The van der Waals surface area contributed by atoms with Gasteiger partial charge in [-0.2, -0.15) is 5.10 Å². The summed E-state index contributed by atoms with van der Waals surface area (Å²) < 4.78 is 16.1. The van der Waals surface area contributed by atoms with E-state index in [0.29, 0.717) is 17.9 Å². The van der Waals surface area contributed by atoms with Crippen molar-refractivity contribution in [2.24, 2.45) is 5.10 Å². The van der Waals surface area contributed by atoms with Gasteiger partial charge in [0.25, 0.3) is 0 Å². The maximum absolute atomic E-state index is 12.2. The predicted molar refractivity (Wildman–Crippen MR) is 99.0 cm³/mol. The number of hydrazone groups is 1. The topological polar surface area (TPSA) is 60.4 Å². The Morgan fingerprint density at radius 3 is 2.42 bits per heavy atom. The highest BCUT2D eigenvalue weighted by Crippen LogP contribution is 2.37. The van der Waals surface area contributed by atoms with Crippen molar-refractivity contribution in [3.8, 4) is 17.2 Å². The lowest BCUT2D eigenvalue weighted by molar-refractivity contribution is -0.130. The van der Waals surface area contributed by atoms with Crippen LogP contribution in [-0.2, 0) is 4.79 Å². The van der Waals surface area contributed by atoms with E-state index in [9.17, 15) is 4.79 Å². The van der Waals surface area contributed by atoms with Crippen molar-refractivity contribution in [1.82, 2.24) is 5.01 Å². The summed E-state index contributed by atoms with van der Waals surface area (Å²) in [4.78, 5) is 12.2. The van der Waals surface area contributed by atoms with E-state index in [0.717, 1.165) is 22.6 Å². The summed E-state index contributed by atoms with van der Waals surface area (Å²) in [5.41, 5.74) is 2.58. The van der Waals surface area contributed by atoms with Crippen LogP contribution in [0, 0.1) is 0 Å². The first-order valence-corrected chi connectivity index (χ1v) is 8.31. The van der Waals surface area contributed by atoms with Crippen molar-refractivity contribution in [2.45, 2.75) is 19.4 Å². The van der Waals surface area contributed by atoms with Gasteiger partial charge in [0.1, 0.15) is 17.2 Å². The molecule has 0 radical (unpaired) electrons. The number of amides is 1. The Kier molecular flexibility index (Phi) is 5.11. The molecule has 6 heteroatoms. The summed E-state index contributed by atoms with van der Waals surface area (Å²) in [6, 6.07) is 13.1. The van der Waals surface area contributed by atoms with Gasteiger partial charge in [0.15, 0.2) is 0 Å². The fraction of sp³-hybridized carbons (Fsp3) is 0.300. The third-order valence-electron chi connectivity index (χ3n) is 4.43. The highest BCUT2D eigenvalue weighted by molar-refractivity contribution is 6.05. The fourth-order valence-electron chi connectivity index (χ4n) is 3.11. The first-order chi connectivity index (χ1) is 12.6. The molecular formula is C20H22N2O4. The van der Waals surface area contributed by atoms with Crippen LogP contribution < -0.4 is 14.2 Å². The molecule has 0 bridgehead atoms. The maximum Gasteiger partial charge on any atom is 0.240 e. The molecule has 0 fully saturated rings. The van der Waals surface area contributed by atoms with E-state index in [1.165, 1.54) is 11.9 Å². The third-order valence-corrected chi connectivity index (χ3v) is 4.43. The van der Waals surface area contributed by atoms with Gasteiger partial charge in [-0.05, 0) is 35.9 Å². The molecule has 26 heavy (non-hydrogen) atoms. The molecule has 0 saturated carbocycles. The molecule has 0 aromatic heterocycles. The monoisotopic (exact) mass is 354 g/mol. The number of methoxy groups -OCH3 is 3. The lowest BCUT2D eigenvalue weighted by atomic mass is 9.97. The van der Waals surface area contributed by atoms with E-state index in [2.05, 4.69) is 5.10 Å². The van der Waals surface area contributed by atoms with Crippen molar-refractivity contribution >= 4 is 11.6 Å². The molecule has 0 N–H and O–H groups in total. The number of rotatable bonds is 5. The van der Waals surface area contributed by atoms with E-state index in [4.69, 9.17) is 14.2 Å². The number of carbonyl (C=O) groups excluding carboxylic acids is 1. The molecule has 1 atom stereocenters. The summed E-state index contributed by atoms with van der Waals surface area (Å²) in [6.07, 6.45) is 0.580. The minimum atomic E-state index is -0.187. The van der Waals surface area contributed by atoms with Crippen LogP contribution in [0.1, 0.15) is 30.5 Å². The third kappa shape index (κ3) is 3.35. The standard InChI is InChI=1S/C20H22N2O4/c1-13(23)22-19(14-6-5-7-15(10-14)24-2)12-18(21-22)17-11-16(25-3)8-9-20(17)26-4/h5-11,19H,12H2,1-4H3/t19-/m0/s1. The van der Waals surface area contributed by atoms with E-state index in [1.807, 2.05) is 42.5 Å². The molecule has 6 nitrogen and oxygen atoms in total. The van der Waals surface area contributed by atoms with Gasteiger partial charge in [-0.1, -0.05) is 12.1 Å². The Balaban J connectivity index is 2.00. The first kappa shape index (κ1) is 17.8. The van der Waals surface area contributed by atoms with Crippen LogP contribution in [0.25, 0.3) is 0 Å². The Bertz CT molecular complexity index is 847. The minimum Gasteiger partial charge on any atom is -0.497 e. The van der Waals surface area contributed by atoms with Crippen molar-refractivity contribution in [3.63, 3.8) is 0 Å². The summed E-state index contributed by atoms with van der Waals surface area (Å²) in [5, 5.41) is 6.10. The quantitative estimate of drug-likeness (QED) is 0.826. The van der Waals surface area contributed by atoms with Crippen LogP contribution >= 0.6 is 0 Å². The molecule has 3 rings (SSSR count). The molecule has 0 aliphatic carbocycles. The first-order valence-electron chi connectivity index (χ1n) is 8.31. The van der Waals surface area contributed by atoms with E-state index < -0.39 is 0 Å². The summed E-state index contributed by atoms with van der Waals surface area (Å²) in [5.74, 6) is 2.04. The fourth-order valence-corrected chi connectivity index (χ4v) is 3.11. The van der Waals surface area contributed by atoms with Crippen LogP contribution in [0.5, 0.6) is 17.2 Å². The zero-order valence-electron chi connectivity index (χ0n) is 15.4. The van der Waals surface area contributed by atoms with Crippen LogP contribution in [0.15, 0.2) is 47.6 Å². The zero-order valence-corrected chi connectivity index (χ0v) is 15.4. The molecule has 2 aromatic rings. The minimum absolute atomic E-state index is 0.116. The lowest BCUT2D eigenvalue weighted by Gasteiger charge is -2.20. The van der Waals surface area contributed by atoms with Gasteiger partial charge in [0.2, 0.25) is 5.91 Å². The second-order valence-electron chi connectivity index (χ2n) is 5.97. The lowest BCUT2D eigenvalue weighted by Crippen LogP contribution is -2.24. The van der Waals surface area contributed by atoms with Gasteiger partial charge in [-0.15, -0.1) is 0 Å². The highest BCUT2D eigenvalue weighted by atomic mass is 16.5. The average molecular weight is 354 g/mol. The molecule has 0 unspecified atom stereocenters. The van der Waals surface area contributed by atoms with Gasteiger partial charge in [-0.25, -0.2) is 5.01 Å². The average Bonchev–Trinajstić information content (AvgIpc) is 3.13. The van der Waals surface area contributed by atoms with E-state index in [-0.39, 0.29) is 11.9 Å². The number of benzene rings is 2. The van der Waals surface area contributed by atoms with Crippen LogP contribution in [0.3, 0.4) is 0 Å². The van der Waals surface area contributed by atoms with Crippen molar-refractivity contribution in [3.05, 3.63) is 53.6 Å². The number of hydrogen-bond acceptors (Lipinski definition) is 5. The van der Waals surface area contributed by atoms with Crippen molar-refractivity contribution in [2.75, 3.05) is 21.3 Å². The van der Waals surface area contributed by atoms with Crippen molar-refractivity contribution in [1.29, 1.82) is 0 Å². The van der Waals surface area contributed by atoms with Crippen LogP contribution in [-0.4, -0.2) is 38.0 Å². The van der Waals surface area contributed by atoms with Gasteiger partial charge >= 0.3 is 0 Å². The Hall–Kier alpha value is -3.02. The molecule has 0 saturated heterocycles. The number of carbonyl (C=O) groups is 1. The second kappa shape index (κ2) is 7.47. The normalized spacial score (nSPS) is 16.2. The van der Waals surface area contributed by atoms with Crippen LogP contribution in [0.2, 0.25) is 0 Å². The van der Waals surface area contributed by atoms with E-state index in [1.54, 1.807) is 21.3 Å². The number of hydrogen-bond donors (Lipinski definition) is 0. The summed E-state index contributed by atoms with van der Waals surface area (Å²) in [7, 11) is 4.85. The number of ether oxygens (including phenoxy) is 3. The summed E-state index contributed by atoms with van der Waals surface area (Å²) >= 11 is 0. The molecule has 136 valence electrons. The van der Waals surface area contributed by atoms with E-state index >= 15 is 0 Å². The molecular weight excluding hydrogens is 332 g/mol. The van der Waals surface area contributed by atoms with Gasteiger partial charge < -0.3 is 14.2 Å². The molecule has 2 aromatic carbocycles. The highest BCUT2D eigenvalue weighted by Gasteiger charge is 2.32. The molecule has 1 aliphatic heterocycles. The van der Waals surface area contributed by atoms with Crippen LogP contribution in [0.4, 0.5) is 0 Å². The smallest absolute Gasteiger partial charge is 0.240 e. The zero-order chi connectivity index (χ0) is 18.7. The van der Waals surface area contributed by atoms with Gasteiger partial charge in [-0.3, -0.25) is 4.79 Å². The number of nitrogens with zero attached hydrogens (tertiary/aromatic N) is 2. The van der Waals surface area contributed by atoms with Gasteiger partial charge in [0, 0.05) is 18.9 Å². The predicted octanol–water partition coefficient (Wildman–Crippen LogP) is 3.41. The Morgan fingerprint density at radius 1 is 1.04 bits per heavy atom. The van der Waals surface area contributed by atoms with Crippen molar-refractivity contribution < 1.29 is 19.0 Å². The summed E-state index contributed by atoms with van der Waals surface area (Å²) in [6.45, 7) is 1.52. The molecule has 1 amide bonds. The maximum atomic E-state index is 12.2. The van der Waals surface area contributed by atoms with Gasteiger partial charge in [0.05, 0.1) is 33.1 Å². The Labute approximate surface area is 153 Å². The Morgan fingerprint density at radius 2 is 1.77 bits per heavy atom. The largest absolute Gasteiger partial charge is 0.497 e.